The Morgan fingerprint density at radius 1 is 0.633 bits per heavy atom. The normalized spacial score (nSPS) is 36.7. The van der Waals surface area contributed by atoms with Gasteiger partial charge >= 0.3 is 26.2 Å². The van der Waals surface area contributed by atoms with Gasteiger partial charge in [0.2, 0.25) is 0 Å². The third-order valence-corrected chi connectivity index (χ3v) is 7.56. The Kier molecular flexibility index (Phi) is 5.67. The Bertz CT molecular complexity index is 628. The van der Waals surface area contributed by atoms with Crippen molar-refractivity contribution in [2.75, 3.05) is 0 Å². The Labute approximate surface area is 179 Å². The van der Waals surface area contributed by atoms with Crippen LogP contribution in [0.2, 0.25) is 11.6 Å². The van der Waals surface area contributed by atoms with E-state index in [-0.39, 0.29) is 60.1 Å². The van der Waals surface area contributed by atoms with Crippen LogP contribution in [0.4, 0.5) is 0 Å². The second-order valence-corrected chi connectivity index (χ2v) is 10.9. The average Bonchev–Trinajstić information content (AvgIpc) is 3.44. The van der Waals surface area contributed by atoms with E-state index in [0.29, 0.717) is 12.8 Å². The van der Waals surface area contributed by atoms with Gasteiger partial charge in [0.25, 0.3) is 0 Å². The van der Waals surface area contributed by atoms with Crippen LogP contribution < -0.4 is 0 Å². The van der Waals surface area contributed by atoms with Gasteiger partial charge in [0.15, 0.2) is 0 Å². The van der Waals surface area contributed by atoms with E-state index in [9.17, 15) is 9.59 Å². The molecule has 2 saturated heterocycles. The van der Waals surface area contributed by atoms with E-state index in [2.05, 4.69) is 0 Å². The Morgan fingerprint density at radius 3 is 1.03 bits per heavy atom. The lowest BCUT2D eigenvalue weighted by molar-refractivity contribution is -0.139. The van der Waals surface area contributed by atoms with Crippen molar-refractivity contribution in [1.29, 1.82) is 0 Å². The summed E-state index contributed by atoms with van der Waals surface area (Å²) < 4.78 is 23.1. The minimum atomic E-state index is -0.741. The third-order valence-electron chi connectivity index (χ3n) is 7.56. The topological polar surface area (TPSA) is 112 Å². The summed E-state index contributed by atoms with van der Waals surface area (Å²) in [5.41, 5.74) is -1.43. The zero-order valence-corrected chi connectivity index (χ0v) is 19.2. The quantitative estimate of drug-likeness (QED) is 0.663. The molecular formula is C20H34B2O8. The summed E-state index contributed by atoms with van der Waals surface area (Å²) in [6.07, 6.45) is 1.35. The molecule has 2 heterocycles. The van der Waals surface area contributed by atoms with Crippen molar-refractivity contribution in [2.45, 2.75) is 102 Å². The van der Waals surface area contributed by atoms with Gasteiger partial charge in [-0.2, -0.15) is 0 Å². The summed E-state index contributed by atoms with van der Waals surface area (Å²) in [5, 5.41) is 17.7. The molecule has 0 aromatic heterocycles. The van der Waals surface area contributed by atoms with Crippen molar-refractivity contribution in [3.63, 3.8) is 0 Å². The number of carbonyl (C=O) groups is 2. The minimum Gasteiger partial charge on any atom is -0.481 e. The molecule has 0 bridgehead atoms. The molecule has 4 fully saturated rings. The number of hydrogen-bond acceptors (Lipinski definition) is 6. The fourth-order valence-electron chi connectivity index (χ4n) is 3.73. The standard InChI is InChI=1S/2C10H17BO4/c2*1-9(2)10(3,4)15-11(14-9)7-5-6(7)8(12)13/h2*6-7H,5H2,1-4H3,(H,12,13)/t2*6-,7+/m10/s1. The first-order valence-corrected chi connectivity index (χ1v) is 10.7. The fourth-order valence-corrected chi connectivity index (χ4v) is 3.73. The molecule has 10 heteroatoms. The molecule has 4 atom stereocenters. The van der Waals surface area contributed by atoms with Gasteiger partial charge in [-0.25, -0.2) is 0 Å². The lowest BCUT2D eigenvalue weighted by Crippen LogP contribution is -2.41. The molecule has 0 aromatic carbocycles. The lowest BCUT2D eigenvalue weighted by Gasteiger charge is -2.32. The minimum absolute atomic E-state index is 0.0311. The van der Waals surface area contributed by atoms with Crippen molar-refractivity contribution in [1.82, 2.24) is 0 Å². The maximum Gasteiger partial charge on any atom is 0.462 e. The van der Waals surface area contributed by atoms with Crippen LogP contribution in [0, 0.1) is 11.8 Å². The van der Waals surface area contributed by atoms with Crippen molar-refractivity contribution >= 4 is 26.2 Å². The Balaban J connectivity index is 0.000000171. The zero-order valence-electron chi connectivity index (χ0n) is 19.2. The van der Waals surface area contributed by atoms with Gasteiger partial charge in [-0.05, 0) is 68.2 Å². The van der Waals surface area contributed by atoms with Crippen molar-refractivity contribution in [2.24, 2.45) is 11.8 Å². The number of carboxylic acids is 2. The lowest BCUT2D eigenvalue weighted by atomic mass is 9.80. The summed E-state index contributed by atoms with van der Waals surface area (Å²) >= 11 is 0. The maximum atomic E-state index is 10.7. The second-order valence-electron chi connectivity index (χ2n) is 10.9. The van der Waals surface area contributed by atoms with Gasteiger partial charge in [0.1, 0.15) is 0 Å². The monoisotopic (exact) mass is 424 g/mol. The van der Waals surface area contributed by atoms with Crippen LogP contribution in [0.25, 0.3) is 0 Å². The molecule has 4 rings (SSSR count). The van der Waals surface area contributed by atoms with E-state index >= 15 is 0 Å². The van der Waals surface area contributed by atoms with Crippen LogP contribution in [0.1, 0.15) is 68.2 Å². The predicted molar refractivity (Wildman–Crippen MR) is 111 cm³/mol. The first kappa shape index (κ1) is 23.6. The molecule has 2 aliphatic carbocycles. The molecule has 0 spiro atoms. The number of aliphatic carboxylic acids is 2. The van der Waals surface area contributed by atoms with Crippen LogP contribution in [0.5, 0.6) is 0 Å². The van der Waals surface area contributed by atoms with E-state index < -0.39 is 11.9 Å². The number of carboxylic acid groups (broad SMARTS) is 2. The van der Waals surface area contributed by atoms with Gasteiger partial charge in [-0.3, -0.25) is 9.59 Å². The molecule has 2 aliphatic heterocycles. The molecular weight excluding hydrogens is 390 g/mol. The SMILES string of the molecule is CC1(C)OB([C@@H]2C[C@@H]2C(=O)O)OC1(C)C.CC1(C)OB([C@H]2C[C@H]2C(=O)O)OC1(C)C. The smallest absolute Gasteiger partial charge is 0.462 e. The highest BCUT2D eigenvalue weighted by molar-refractivity contribution is 6.50. The predicted octanol–water partition coefficient (Wildman–Crippen LogP) is 3.11. The van der Waals surface area contributed by atoms with E-state index in [1.807, 2.05) is 55.4 Å². The summed E-state index contributed by atoms with van der Waals surface area (Å²) in [4.78, 5) is 21.5. The molecule has 0 radical (unpaired) electrons. The molecule has 4 aliphatic rings. The summed E-state index contributed by atoms with van der Waals surface area (Å²) in [6.45, 7) is 15.8. The summed E-state index contributed by atoms with van der Waals surface area (Å²) in [7, 11) is -0.702. The van der Waals surface area contributed by atoms with E-state index in [1.54, 1.807) is 0 Å². The maximum absolute atomic E-state index is 10.7. The number of rotatable bonds is 4. The van der Waals surface area contributed by atoms with E-state index in [1.165, 1.54) is 0 Å². The fraction of sp³-hybridized carbons (Fsp3) is 0.900. The summed E-state index contributed by atoms with van der Waals surface area (Å²) in [5.74, 6) is -1.98. The Morgan fingerprint density at radius 2 is 0.867 bits per heavy atom. The molecule has 0 amide bonds. The Hall–Kier alpha value is -1.09. The second kappa shape index (κ2) is 7.22. The summed E-state index contributed by atoms with van der Waals surface area (Å²) in [6, 6.07) is 0. The molecule has 2 saturated carbocycles. The zero-order chi connectivity index (χ0) is 22.9. The van der Waals surface area contributed by atoms with Gasteiger partial charge in [0.05, 0.1) is 34.2 Å². The van der Waals surface area contributed by atoms with Crippen LogP contribution in [-0.4, -0.2) is 58.8 Å². The highest BCUT2D eigenvalue weighted by Crippen LogP contribution is 2.54. The molecule has 30 heavy (non-hydrogen) atoms. The molecule has 2 N–H and O–H groups in total. The molecule has 0 unspecified atom stereocenters. The van der Waals surface area contributed by atoms with E-state index in [4.69, 9.17) is 28.8 Å². The highest BCUT2D eigenvalue weighted by Gasteiger charge is 2.62. The van der Waals surface area contributed by atoms with Crippen LogP contribution >= 0.6 is 0 Å². The van der Waals surface area contributed by atoms with Crippen molar-refractivity contribution in [3.05, 3.63) is 0 Å². The van der Waals surface area contributed by atoms with Crippen LogP contribution in [-0.2, 0) is 28.2 Å². The molecule has 8 nitrogen and oxygen atoms in total. The molecule has 168 valence electrons. The number of hydrogen-bond donors (Lipinski definition) is 2. The van der Waals surface area contributed by atoms with Crippen molar-refractivity contribution < 1.29 is 38.4 Å². The first-order chi connectivity index (χ1) is 13.5. The van der Waals surface area contributed by atoms with Crippen LogP contribution in [0.15, 0.2) is 0 Å². The van der Waals surface area contributed by atoms with Gasteiger partial charge in [-0.1, -0.05) is 0 Å². The van der Waals surface area contributed by atoms with Crippen LogP contribution in [0.3, 0.4) is 0 Å². The highest BCUT2D eigenvalue weighted by atomic mass is 16.7. The largest absolute Gasteiger partial charge is 0.481 e. The van der Waals surface area contributed by atoms with Gasteiger partial charge in [0, 0.05) is 11.6 Å². The van der Waals surface area contributed by atoms with Gasteiger partial charge in [-0.15, -0.1) is 0 Å². The average molecular weight is 424 g/mol. The van der Waals surface area contributed by atoms with Crippen molar-refractivity contribution in [3.8, 4) is 0 Å². The third kappa shape index (κ3) is 4.29. The molecule has 0 aromatic rings. The first-order valence-electron chi connectivity index (χ1n) is 10.7. The van der Waals surface area contributed by atoms with E-state index in [0.717, 1.165) is 0 Å². The van der Waals surface area contributed by atoms with Gasteiger partial charge < -0.3 is 28.8 Å².